The lowest BCUT2D eigenvalue weighted by Crippen LogP contribution is -2.11. The molecule has 0 saturated heterocycles. The van der Waals surface area contributed by atoms with Crippen LogP contribution in [0.5, 0.6) is 0 Å². The van der Waals surface area contributed by atoms with Gasteiger partial charge in [-0.1, -0.05) is 120 Å². The summed E-state index contributed by atoms with van der Waals surface area (Å²) in [5.41, 5.74) is 0. The summed E-state index contributed by atoms with van der Waals surface area (Å²) in [5.74, 6) is 0.589. The van der Waals surface area contributed by atoms with E-state index < -0.39 is 5.97 Å². The van der Waals surface area contributed by atoms with Crippen LogP contribution in [0.25, 0.3) is 0 Å². The van der Waals surface area contributed by atoms with Gasteiger partial charge in [0.2, 0.25) is 0 Å². The number of allylic oxidation sites excluding steroid dienone is 8. The molecule has 0 aromatic heterocycles. The van der Waals surface area contributed by atoms with Crippen molar-refractivity contribution in [2.24, 2.45) is 11.8 Å². The van der Waals surface area contributed by atoms with E-state index in [2.05, 4.69) is 69.4 Å². The maximum atomic E-state index is 10.5. The van der Waals surface area contributed by atoms with E-state index in [0.29, 0.717) is 18.3 Å². The molecule has 0 aliphatic carbocycles. The molecule has 0 aliphatic rings. The van der Waals surface area contributed by atoms with Crippen LogP contribution in [0.4, 0.5) is 0 Å². The van der Waals surface area contributed by atoms with E-state index >= 15 is 0 Å². The van der Waals surface area contributed by atoms with Gasteiger partial charge in [0.15, 0.2) is 0 Å². The number of carboxylic acid groups (broad SMARTS) is 1. The number of unbranched alkanes of at least 4 members (excludes halogenated alkanes) is 9. The van der Waals surface area contributed by atoms with Gasteiger partial charge in [0.05, 0.1) is 0 Å². The highest BCUT2D eigenvalue weighted by molar-refractivity contribution is 5.66. The first-order valence-electron chi connectivity index (χ1n) is 13.0. The summed E-state index contributed by atoms with van der Waals surface area (Å²) in [6.07, 6.45) is 35.4. The molecule has 0 fully saturated rings. The quantitative estimate of drug-likeness (QED) is 0.145. The first-order chi connectivity index (χ1) is 15.2. The summed E-state index contributed by atoms with van der Waals surface area (Å²) in [4.78, 5) is 10.5. The molecular formula is C29H50O2. The summed E-state index contributed by atoms with van der Waals surface area (Å²) in [6.45, 7) is 6.64. The molecule has 1 N–H and O–H groups in total. The highest BCUT2D eigenvalue weighted by atomic mass is 16.4. The van der Waals surface area contributed by atoms with Gasteiger partial charge in [0.1, 0.15) is 0 Å². The van der Waals surface area contributed by atoms with E-state index in [0.717, 1.165) is 25.7 Å². The van der Waals surface area contributed by atoms with Crippen molar-refractivity contribution >= 4 is 5.97 Å². The molecule has 0 amide bonds. The van der Waals surface area contributed by atoms with Crippen molar-refractivity contribution in [2.45, 2.75) is 117 Å². The summed E-state index contributed by atoms with van der Waals surface area (Å²) < 4.78 is 0. The summed E-state index contributed by atoms with van der Waals surface area (Å²) in [5, 5.41) is 8.66. The van der Waals surface area contributed by atoms with Gasteiger partial charge in [0.25, 0.3) is 0 Å². The van der Waals surface area contributed by atoms with Gasteiger partial charge < -0.3 is 5.11 Å². The fourth-order valence-electron chi connectivity index (χ4n) is 3.93. The van der Waals surface area contributed by atoms with Crippen molar-refractivity contribution < 1.29 is 9.90 Å². The largest absolute Gasteiger partial charge is 0.481 e. The maximum Gasteiger partial charge on any atom is 0.303 e. The molecule has 0 aromatic rings. The van der Waals surface area contributed by atoms with Crippen molar-refractivity contribution in [3.8, 4) is 0 Å². The Kier molecular flexibility index (Phi) is 21.9. The minimum atomic E-state index is -0.673. The second-order valence-electron chi connectivity index (χ2n) is 8.74. The van der Waals surface area contributed by atoms with Gasteiger partial charge in [-0.25, -0.2) is 0 Å². The number of rotatable bonds is 21. The van der Waals surface area contributed by atoms with Gasteiger partial charge in [0, 0.05) is 6.42 Å². The van der Waals surface area contributed by atoms with Crippen LogP contribution >= 0.6 is 0 Å². The second kappa shape index (κ2) is 23.1. The summed E-state index contributed by atoms with van der Waals surface area (Å²) in [6, 6.07) is 0. The molecule has 2 nitrogen and oxygen atoms in total. The predicted octanol–water partition coefficient (Wildman–Crippen LogP) is 9.44. The molecule has 178 valence electrons. The Morgan fingerprint density at radius 3 is 1.81 bits per heavy atom. The highest BCUT2D eigenvalue weighted by Crippen LogP contribution is 2.27. The Labute approximate surface area is 193 Å². The Hall–Kier alpha value is -1.57. The van der Waals surface area contributed by atoms with E-state index in [1.807, 2.05) is 0 Å². The summed E-state index contributed by atoms with van der Waals surface area (Å²) >= 11 is 0. The fraction of sp³-hybridized carbons (Fsp3) is 0.690. The molecule has 0 heterocycles. The van der Waals surface area contributed by atoms with E-state index in [1.165, 1.54) is 64.2 Å². The van der Waals surface area contributed by atoms with Crippen molar-refractivity contribution in [2.75, 3.05) is 0 Å². The average molecular weight is 431 g/mol. The van der Waals surface area contributed by atoms with E-state index in [4.69, 9.17) is 5.11 Å². The first kappa shape index (κ1) is 29.4. The number of aliphatic carboxylic acids is 1. The van der Waals surface area contributed by atoms with Crippen molar-refractivity contribution in [3.05, 3.63) is 48.6 Å². The monoisotopic (exact) mass is 430 g/mol. The van der Waals surface area contributed by atoms with Crippen LogP contribution < -0.4 is 0 Å². The molecule has 2 unspecified atom stereocenters. The van der Waals surface area contributed by atoms with Crippen LogP contribution in [0, 0.1) is 11.8 Å². The zero-order valence-corrected chi connectivity index (χ0v) is 20.7. The second-order valence-corrected chi connectivity index (χ2v) is 8.74. The lowest BCUT2D eigenvalue weighted by molar-refractivity contribution is -0.137. The van der Waals surface area contributed by atoms with Crippen LogP contribution in [-0.4, -0.2) is 11.1 Å². The molecular weight excluding hydrogens is 380 g/mol. The first-order valence-corrected chi connectivity index (χ1v) is 13.0. The Balaban J connectivity index is 4.55. The molecule has 0 radical (unpaired) electrons. The van der Waals surface area contributed by atoms with Gasteiger partial charge in [-0.05, 0) is 50.9 Å². The van der Waals surface area contributed by atoms with Crippen LogP contribution in [0.15, 0.2) is 48.6 Å². The number of hydrogen-bond donors (Lipinski definition) is 1. The normalized spacial score (nSPS) is 14.4. The number of carbonyl (C=O) groups is 1. The Bertz CT molecular complexity index is 513. The van der Waals surface area contributed by atoms with E-state index in [-0.39, 0.29) is 0 Å². The SMILES string of the molecule is CC=CC=CC(CCCCC)C(C=CC=CCCCCCCCC(=O)O)CCCCC. The van der Waals surface area contributed by atoms with Crippen LogP contribution in [-0.2, 0) is 4.79 Å². The van der Waals surface area contributed by atoms with Gasteiger partial charge in [-0.2, -0.15) is 0 Å². The van der Waals surface area contributed by atoms with Crippen molar-refractivity contribution in [1.82, 2.24) is 0 Å². The minimum absolute atomic E-state index is 0.313. The lowest BCUT2D eigenvalue weighted by atomic mass is 9.83. The molecule has 0 saturated carbocycles. The minimum Gasteiger partial charge on any atom is -0.481 e. The maximum absolute atomic E-state index is 10.5. The van der Waals surface area contributed by atoms with E-state index in [1.54, 1.807) is 0 Å². The molecule has 31 heavy (non-hydrogen) atoms. The molecule has 0 spiro atoms. The molecule has 0 aromatic carbocycles. The van der Waals surface area contributed by atoms with Gasteiger partial charge >= 0.3 is 5.97 Å². The number of hydrogen-bond acceptors (Lipinski definition) is 1. The van der Waals surface area contributed by atoms with Crippen LogP contribution in [0.2, 0.25) is 0 Å². The third-order valence-corrected chi connectivity index (χ3v) is 5.86. The zero-order chi connectivity index (χ0) is 23.0. The fourth-order valence-corrected chi connectivity index (χ4v) is 3.93. The zero-order valence-electron chi connectivity index (χ0n) is 20.7. The van der Waals surface area contributed by atoms with Crippen LogP contribution in [0.3, 0.4) is 0 Å². The third kappa shape index (κ3) is 20.1. The van der Waals surface area contributed by atoms with Crippen molar-refractivity contribution in [3.63, 3.8) is 0 Å². The third-order valence-electron chi connectivity index (χ3n) is 5.86. The predicted molar refractivity (Wildman–Crippen MR) is 137 cm³/mol. The lowest BCUT2D eigenvalue weighted by Gasteiger charge is -2.22. The smallest absolute Gasteiger partial charge is 0.303 e. The molecule has 0 bridgehead atoms. The molecule has 0 rings (SSSR count). The molecule has 0 aliphatic heterocycles. The average Bonchev–Trinajstić information content (AvgIpc) is 2.75. The van der Waals surface area contributed by atoms with Gasteiger partial charge in [-0.15, -0.1) is 0 Å². The van der Waals surface area contributed by atoms with Crippen molar-refractivity contribution in [1.29, 1.82) is 0 Å². The molecule has 2 heteroatoms. The highest BCUT2D eigenvalue weighted by Gasteiger charge is 2.15. The summed E-state index contributed by atoms with van der Waals surface area (Å²) in [7, 11) is 0. The topological polar surface area (TPSA) is 37.3 Å². The Morgan fingerprint density at radius 1 is 0.710 bits per heavy atom. The van der Waals surface area contributed by atoms with Gasteiger partial charge in [-0.3, -0.25) is 4.79 Å². The standard InChI is InChI=1S/C29H50O2/c1-4-7-17-22-27(23-18-8-5-2)28(24-19-9-6-3)25-20-15-13-11-10-12-14-16-21-26-29(30)31/h4,7,13,15,17,20,22,25,27-28H,5-6,8-12,14,16,18-19,21,23-24,26H2,1-3H3,(H,30,31). The molecule has 2 atom stereocenters. The Morgan fingerprint density at radius 2 is 1.26 bits per heavy atom. The van der Waals surface area contributed by atoms with Crippen LogP contribution in [0.1, 0.15) is 117 Å². The van der Waals surface area contributed by atoms with E-state index in [9.17, 15) is 4.79 Å². The number of carboxylic acids is 1.